The average molecular weight is 249 g/mol. The number of nitrogens with two attached hydrogens (primary N) is 1. The summed E-state index contributed by atoms with van der Waals surface area (Å²) >= 11 is 4.60. The van der Waals surface area contributed by atoms with Gasteiger partial charge in [-0.25, -0.2) is 4.58 Å². The number of nitrogens with one attached hydrogen (secondary N) is 1. The Morgan fingerprint density at radius 3 is 2.87 bits per heavy atom. The summed E-state index contributed by atoms with van der Waals surface area (Å²) in [4.78, 5) is 0. The second-order valence-corrected chi connectivity index (χ2v) is 3.41. The van der Waals surface area contributed by atoms with Crippen molar-refractivity contribution in [3.63, 3.8) is 0 Å². The molecule has 1 aliphatic heterocycles. The van der Waals surface area contributed by atoms with E-state index in [1.807, 2.05) is 17.8 Å². The molecule has 4 N–H and O–H groups in total. The van der Waals surface area contributed by atoms with Gasteiger partial charge in [-0.15, -0.1) is 0 Å². The highest BCUT2D eigenvalue weighted by molar-refractivity contribution is 7.80. The van der Waals surface area contributed by atoms with Crippen LogP contribution in [0.25, 0.3) is 0 Å². The predicted molar refractivity (Wildman–Crippen MR) is 59.6 cm³/mol. The third kappa shape index (κ3) is 3.49. The fraction of sp³-hybridized carbons (Fsp3) is 0.375. The largest absolute Gasteiger partial charge is 1.00 e. The molecule has 84 valence electrons. The van der Waals surface area contributed by atoms with Crippen molar-refractivity contribution in [1.29, 1.82) is 0 Å². The number of aliphatic hydroxyl groups is 1. The van der Waals surface area contributed by atoms with Gasteiger partial charge in [-0.3, -0.25) is 5.43 Å². The minimum Gasteiger partial charge on any atom is -1.00 e. The lowest BCUT2D eigenvalue weighted by Gasteiger charge is -2.09. The van der Waals surface area contributed by atoms with E-state index in [9.17, 15) is 5.11 Å². The molecule has 0 saturated heterocycles. The van der Waals surface area contributed by atoms with Crippen LogP contribution in [0.4, 0.5) is 0 Å². The Morgan fingerprint density at radius 1 is 1.73 bits per heavy atom. The van der Waals surface area contributed by atoms with Crippen LogP contribution < -0.4 is 23.6 Å². The molecule has 1 aliphatic rings. The summed E-state index contributed by atoms with van der Waals surface area (Å²) < 4.78 is 1.84. The van der Waals surface area contributed by atoms with Crippen LogP contribution in [0.1, 0.15) is 13.3 Å². The van der Waals surface area contributed by atoms with Gasteiger partial charge < -0.3 is 23.2 Å². The topological polar surface area (TPSA) is 73.7 Å². The van der Waals surface area contributed by atoms with Crippen LogP contribution in [0.3, 0.4) is 0 Å². The first kappa shape index (κ1) is 13.9. The summed E-state index contributed by atoms with van der Waals surface area (Å²) in [6.07, 6.45) is 2.46. The van der Waals surface area contributed by atoms with Crippen LogP contribution in [-0.4, -0.2) is 33.8 Å². The number of hydrogen-bond acceptors (Lipinski definition) is 3. The van der Waals surface area contributed by atoms with E-state index >= 15 is 0 Å². The second-order valence-electron chi connectivity index (χ2n) is 2.97. The SMILES string of the molecule is CC1=C(O)C(=NNC(N)=S)CC=[N+]1C.[Cl-]. The quantitative estimate of drug-likeness (QED) is 0.264. The number of hydrazone groups is 1. The highest BCUT2D eigenvalue weighted by Crippen LogP contribution is 2.09. The average Bonchev–Trinajstić information content (AvgIpc) is 2.13. The van der Waals surface area contributed by atoms with E-state index in [2.05, 4.69) is 22.7 Å². The van der Waals surface area contributed by atoms with Crippen molar-refractivity contribution >= 4 is 29.3 Å². The van der Waals surface area contributed by atoms with Crippen LogP contribution in [0.2, 0.25) is 0 Å². The number of rotatable bonds is 1. The third-order valence-electron chi connectivity index (χ3n) is 2.00. The first-order valence-corrected chi connectivity index (χ1v) is 4.51. The zero-order valence-corrected chi connectivity index (χ0v) is 10.1. The molecular weight excluding hydrogens is 236 g/mol. The zero-order chi connectivity index (χ0) is 10.7. The highest BCUT2D eigenvalue weighted by Gasteiger charge is 2.21. The molecule has 0 aromatic heterocycles. The van der Waals surface area contributed by atoms with Crippen LogP contribution >= 0.6 is 12.2 Å². The van der Waals surface area contributed by atoms with E-state index in [1.54, 1.807) is 6.92 Å². The highest BCUT2D eigenvalue weighted by atomic mass is 35.5. The van der Waals surface area contributed by atoms with Gasteiger partial charge in [-0.1, -0.05) is 0 Å². The summed E-state index contributed by atoms with van der Waals surface area (Å²) in [5.41, 5.74) is 8.94. The molecule has 0 saturated carbocycles. The summed E-state index contributed by atoms with van der Waals surface area (Å²) in [6.45, 7) is 1.81. The van der Waals surface area contributed by atoms with Gasteiger partial charge in [0, 0.05) is 6.92 Å². The zero-order valence-electron chi connectivity index (χ0n) is 8.49. The lowest BCUT2D eigenvalue weighted by molar-refractivity contribution is -0.442. The Kier molecular flexibility index (Phi) is 5.24. The Balaban J connectivity index is 0.00000196. The maximum Gasteiger partial charge on any atom is 0.221 e. The standard InChI is InChI=1S/C8H12N4OS.ClH/c1-5-7(13)6(3-4-12(5)2)10-11-8(9)14;/h4H,3H2,1-2H3,(H3-,9,11,13,14);1H. The molecule has 0 aliphatic carbocycles. The smallest absolute Gasteiger partial charge is 0.221 e. The molecule has 0 amide bonds. The minimum atomic E-state index is 0. The number of halogens is 1. The molecule has 1 rings (SSSR count). The fourth-order valence-corrected chi connectivity index (χ4v) is 1.10. The maximum absolute atomic E-state index is 9.68. The Hall–Kier alpha value is -1.14. The monoisotopic (exact) mass is 248 g/mol. The molecule has 0 aromatic carbocycles. The van der Waals surface area contributed by atoms with Gasteiger partial charge in [-0.2, -0.15) is 5.10 Å². The van der Waals surface area contributed by atoms with Crippen molar-refractivity contribution in [3.05, 3.63) is 11.5 Å². The van der Waals surface area contributed by atoms with Crippen LogP contribution in [0, 0.1) is 0 Å². The lowest BCUT2D eigenvalue weighted by Crippen LogP contribution is -3.00. The number of hydrogen-bond donors (Lipinski definition) is 3. The fourth-order valence-electron chi connectivity index (χ4n) is 1.05. The van der Waals surface area contributed by atoms with Gasteiger partial charge in [0.05, 0.1) is 6.42 Å². The molecule has 5 nitrogen and oxygen atoms in total. The van der Waals surface area contributed by atoms with Crippen LogP contribution in [0.5, 0.6) is 0 Å². The first-order chi connectivity index (χ1) is 6.52. The Labute approximate surface area is 99.8 Å². The van der Waals surface area contributed by atoms with Gasteiger partial charge in [0.2, 0.25) is 11.5 Å². The van der Waals surface area contributed by atoms with E-state index in [-0.39, 0.29) is 23.3 Å². The predicted octanol–water partition coefficient (Wildman–Crippen LogP) is -2.91. The van der Waals surface area contributed by atoms with Gasteiger partial charge in [0.1, 0.15) is 12.8 Å². The normalized spacial score (nSPS) is 18.3. The molecule has 0 bridgehead atoms. The Bertz CT molecular complexity index is 362. The number of aliphatic hydroxyl groups excluding tert-OH is 1. The number of allylic oxidation sites excluding steroid dienone is 2. The van der Waals surface area contributed by atoms with Gasteiger partial charge in [0.25, 0.3) is 0 Å². The molecule has 15 heavy (non-hydrogen) atoms. The molecule has 7 heteroatoms. The van der Waals surface area contributed by atoms with E-state index in [0.717, 1.165) is 5.70 Å². The van der Waals surface area contributed by atoms with E-state index in [4.69, 9.17) is 5.73 Å². The molecule has 0 fully saturated rings. The lowest BCUT2D eigenvalue weighted by atomic mass is 10.1. The molecule has 1 heterocycles. The van der Waals surface area contributed by atoms with E-state index in [1.165, 1.54) is 0 Å². The van der Waals surface area contributed by atoms with E-state index < -0.39 is 0 Å². The maximum atomic E-state index is 9.68. The summed E-state index contributed by atoms with van der Waals surface area (Å²) in [7, 11) is 1.86. The van der Waals surface area contributed by atoms with Gasteiger partial charge in [-0.05, 0) is 12.2 Å². The molecule has 0 aromatic rings. The van der Waals surface area contributed by atoms with Crippen molar-refractivity contribution in [2.24, 2.45) is 10.8 Å². The van der Waals surface area contributed by atoms with Crippen molar-refractivity contribution in [1.82, 2.24) is 5.43 Å². The van der Waals surface area contributed by atoms with Gasteiger partial charge in [0.15, 0.2) is 11.3 Å². The summed E-state index contributed by atoms with van der Waals surface area (Å²) in [5, 5.41) is 13.7. The molecule has 0 radical (unpaired) electrons. The molecule has 0 unspecified atom stereocenters. The molecular formula is C8H13ClN4OS. The van der Waals surface area contributed by atoms with Crippen molar-refractivity contribution in [2.45, 2.75) is 13.3 Å². The summed E-state index contributed by atoms with van der Waals surface area (Å²) in [5.74, 6) is 0.166. The number of thiocarbonyl (C=S) groups is 1. The number of nitrogens with zero attached hydrogens (tertiary/aromatic N) is 2. The first-order valence-electron chi connectivity index (χ1n) is 4.10. The van der Waals surface area contributed by atoms with Gasteiger partial charge >= 0.3 is 0 Å². The van der Waals surface area contributed by atoms with Crippen LogP contribution in [0.15, 0.2) is 16.6 Å². The third-order valence-corrected chi connectivity index (χ3v) is 2.10. The molecule has 0 atom stereocenters. The van der Waals surface area contributed by atoms with E-state index in [0.29, 0.717) is 12.1 Å². The van der Waals surface area contributed by atoms with Crippen LogP contribution in [-0.2, 0) is 0 Å². The minimum absolute atomic E-state index is 0. The van der Waals surface area contributed by atoms with Crippen molar-refractivity contribution < 1.29 is 22.1 Å². The van der Waals surface area contributed by atoms with Crippen molar-refractivity contribution in [3.8, 4) is 0 Å². The molecule has 0 spiro atoms. The Morgan fingerprint density at radius 2 is 2.33 bits per heavy atom. The van der Waals surface area contributed by atoms with Crippen molar-refractivity contribution in [2.75, 3.05) is 7.05 Å². The second kappa shape index (κ2) is 5.67. The summed E-state index contributed by atoms with van der Waals surface area (Å²) in [6, 6.07) is 0.